The fraction of sp³-hybridized carbons (Fsp3) is 0.407. The third-order valence-electron chi connectivity index (χ3n) is 5.69. The van der Waals surface area contributed by atoms with Gasteiger partial charge in [0.15, 0.2) is 5.69 Å². The number of anilines is 2. The first-order valence-corrected chi connectivity index (χ1v) is 12.2. The predicted molar refractivity (Wildman–Crippen MR) is 142 cm³/mol. The van der Waals surface area contributed by atoms with Crippen LogP contribution in [0.3, 0.4) is 0 Å². The predicted octanol–water partition coefficient (Wildman–Crippen LogP) is 5.15. The number of rotatable bonds is 6. The molecule has 0 aliphatic carbocycles. The number of carbonyl (C=O) groups excluding carboxylic acids is 1. The largest absolute Gasteiger partial charge is 0.354 e. The van der Waals surface area contributed by atoms with Gasteiger partial charge in [-0.2, -0.15) is 4.98 Å². The molecule has 4 rings (SSSR count). The van der Waals surface area contributed by atoms with Gasteiger partial charge in [0.2, 0.25) is 11.7 Å². The molecule has 4 aromatic rings. The molecule has 194 valence electrons. The minimum absolute atomic E-state index is 0.0289. The van der Waals surface area contributed by atoms with Crippen molar-refractivity contribution in [3.8, 4) is 17.1 Å². The van der Waals surface area contributed by atoms with Crippen LogP contribution in [0, 0.1) is 19.3 Å². The molecular formula is C27H34N8O2. The number of hydrogen-bond donors (Lipinski definition) is 2. The lowest BCUT2D eigenvalue weighted by Gasteiger charge is -2.21. The van der Waals surface area contributed by atoms with Gasteiger partial charge in [0.25, 0.3) is 5.91 Å². The zero-order valence-electron chi connectivity index (χ0n) is 22.7. The summed E-state index contributed by atoms with van der Waals surface area (Å²) in [4.78, 5) is 21.5. The van der Waals surface area contributed by atoms with E-state index in [9.17, 15) is 4.79 Å². The van der Waals surface area contributed by atoms with Crippen molar-refractivity contribution >= 4 is 17.3 Å². The molecule has 37 heavy (non-hydrogen) atoms. The summed E-state index contributed by atoms with van der Waals surface area (Å²) < 4.78 is 6.76. The van der Waals surface area contributed by atoms with Crippen molar-refractivity contribution in [3.05, 3.63) is 59.5 Å². The van der Waals surface area contributed by atoms with Crippen LogP contribution in [0.2, 0.25) is 0 Å². The highest BCUT2D eigenvalue weighted by Gasteiger charge is 2.19. The topological polar surface area (TPSA) is 124 Å². The summed E-state index contributed by atoms with van der Waals surface area (Å²) in [5.74, 6) is 0.788. The number of hydrogen-bond acceptors (Lipinski definition) is 8. The van der Waals surface area contributed by atoms with Crippen molar-refractivity contribution in [1.29, 1.82) is 0 Å². The van der Waals surface area contributed by atoms with Crippen LogP contribution in [0.15, 0.2) is 41.2 Å². The molecule has 0 fully saturated rings. The second kappa shape index (κ2) is 9.76. The average molecular weight is 503 g/mol. The summed E-state index contributed by atoms with van der Waals surface area (Å²) in [6, 6.07) is 8.08. The number of nitrogens with zero attached hydrogens (tertiary/aromatic N) is 6. The summed E-state index contributed by atoms with van der Waals surface area (Å²) in [5.41, 5.74) is 5.20. The van der Waals surface area contributed by atoms with Crippen molar-refractivity contribution in [1.82, 2.24) is 35.4 Å². The van der Waals surface area contributed by atoms with E-state index in [0.29, 0.717) is 23.9 Å². The molecule has 0 atom stereocenters. The fourth-order valence-electron chi connectivity index (χ4n) is 3.59. The Hall–Kier alpha value is -4.08. The number of benzene rings is 1. The van der Waals surface area contributed by atoms with Gasteiger partial charge in [0.1, 0.15) is 0 Å². The van der Waals surface area contributed by atoms with E-state index in [4.69, 9.17) is 4.52 Å². The van der Waals surface area contributed by atoms with Gasteiger partial charge in [-0.05, 0) is 47.6 Å². The van der Waals surface area contributed by atoms with Crippen LogP contribution in [0.5, 0.6) is 0 Å². The van der Waals surface area contributed by atoms with Crippen LogP contribution in [0.25, 0.3) is 17.1 Å². The molecule has 3 aromatic heterocycles. The van der Waals surface area contributed by atoms with Crippen LogP contribution in [-0.4, -0.2) is 42.6 Å². The minimum atomic E-state index is -0.260. The normalized spacial score (nSPS) is 12.0. The highest BCUT2D eigenvalue weighted by Crippen LogP contribution is 2.32. The standard InChI is InChI=1S/C27H34N8O2/c1-16-23(35-14-22(32-34-35)25(36)29-15-26(3,4)5)12-21(13-28-16)31-20-10-18(24-30-17(2)37-33-24)9-19(11-20)27(6,7)8/h9-14,31H,15H2,1-8H3,(H,29,36). The molecular weight excluding hydrogens is 468 g/mol. The molecule has 0 saturated carbocycles. The lowest BCUT2D eigenvalue weighted by Crippen LogP contribution is -2.32. The number of amides is 1. The summed E-state index contributed by atoms with van der Waals surface area (Å²) in [5, 5.41) is 18.7. The third-order valence-corrected chi connectivity index (χ3v) is 5.69. The molecule has 0 spiro atoms. The van der Waals surface area contributed by atoms with Crippen LogP contribution >= 0.6 is 0 Å². The van der Waals surface area contributed by atoms with E-state index in [1.165, 1.54) is 0 Å². The van der Waals surface area contributed by atoms with Crippen LogP contribution in [0.1, 0.15) is 69.2 Å². The maximum Gasteiger partial charge on any atom is 0.273 e. The van der Waals surface area contributed by atoms with E-state index in [2.05, 4.69) is 89.7 Å². The molecule has 10 nitrogen and oxygen atoms in total. The number of aryl methyl sites for hydroxylation is 2. The Labute approximate surface area is 216 Å². The van der Waals surface area contributed by atoms with Gasteiger partial charge in [-0.1, -0.05) is 51.9 Å². The number of aromatic nitrogens is 6. The SMILES string of the molecule is Cc1nc(-c2cc(Nc3cnc(C)c(-n4cc(C(=O)NCC(C)(C)C)nn4)c3)cc(C(C)(C)C)c2)no1. The Morgan fingerprint density at radius 3 is 2.43 bits per heavy atom. The highest BCUT2D eigenvalue weighted by molar-refractivity contribution is 5.92. The van der Waals surface area contributed by atoms with E-state index >= 15 is 0 Å². The molecule has 1 amide bonds. The van der Waals surface area contributed by atoms with Crippen molar-refractivity contribution in [2.24, 2.45) is 5.41 Å². The molecule has 0 saturated heterocycles. The van der Waals surface area contributed by atoms with Crippen molar-refractivity contribution in [2.75, 3.05) is 11.9 Å². The van der Waals surface area contributed by atoms with Crippen molar-refractivity contribution < 1.29 is 9.32 Å². The van der Waals surface area contributed by atoms with Gasteiger partial charge in [-0.15, -0.1) is 5.10 Å². The molecule has 1 aromatic carbocycles. The quantitative estimate of drug-likeness (QED) is 0.371. The van der Waals surface area contributed by atoms with E-state index in [1.807, 2.05) is 19.1 Å². The van der Waals surface area contributed by atoms with E-state index < -0.39 is 0 Å². The Bertz CT molecular complexity index is 1420. The van der Waals surface area contributed by atoms with Gasteiger partial charge in [-0.25, -0.2) is 4.68 Å². The fourth-order valence-corrected chi connectivity index (χ4v) is 3.59. The number of pyridine rings is 1. The molecule has 0 aliphatic rings. The molecule has 10 heteroatoms. The maximum atomic E-state index is 12.5. The first kappa shape index (κ1) is 26.0. The second-order valence-corrected chi connectivity index (χ2v) is 11.4. The van der Waals surface area contributed by atoms with Gasteiger partial charge >= 0.3 is 0 Å². The first-order chi connectivity index (χ1) is 17.3. The lowest BCUT2D eigenvalue weighted by molar-refractivity contribution is 0.0934. The Kier molecular flexibility index (Phi) is 6.86. The highest BCUT2D eigenvalue weighted by atomic mass is 16.5. The van der Waals surface area contributed by atoms with Crippen LogP contribution in [0.4, 0.5) is 11.4 Å². The Morgan fingerprint density at radius 1 is 1.03 bits per heavy atom. The van der Waals surface area contributed by atoms with E-state index in [-0.39, 0.29) is 22.4 Å². The van der Waals surface area contributed by atoms with E-state index in [0.717, 1.165) is 28.2 Å². The first-order valence-electron chi connectivity index (χ1n) is 12.2. The number of nitrogens with one attached hydrogen (secondary N) is 2. The molecule has 3 heterocycles. The van der Waals surface area contributed by atoms with Crippen molar-refractivity contribution in [3.63, 3.8) is 0 Å². The monoisotopic (exact) mass is 502 g/mol. The summed E-state index contributed by atoms with van der Waals surface area (Å²) in [6.07, 6.45) is 3.37. The zero-order chi connectivity index (χ0) is 27.0. The Balaban J connectivity index is 1.62. The Morgan fingerprint density at radius 2 is 1.78 bits per heavy atom. The zero-order valence-corrected chi connectivity index (χ0v) is 22.7. The smallest absolute Gasteiger partial charge is 0.273 e. The van der Waals surface area contributed by atoms with Crippen LogP contribution in [-0.2, 0) is 5.41 Å². The average Bonchev–Trinajstić information content (AvgIpc) is 3.47. The number of carbonyl (C=O) groups is 1. The minimum Gasteiger partial charge on any atom is -0.354 e. The molecule has 0 bridgehead atoms. The second-order valence-electron chi connectivity index (χ2n) is 11.4. The lowest BCUT2D eigenvalue weighted by atomic mass is 9.85. The van der Waals surface area contributed by atoms with E-state index in [1.54, 1.807) is 24.0 Å². The molecule has 2 N–H and O–H groups in total. The van der Waals surface area contributed by atoms with Crippen molar-refractivity contribution in [2.45, 2.75) is 60.8 Å². The summed E-state index contributed by atoms with van der Waals surface area (Å²) in [6.45, 7) is 16.8. The molecule has 0 radical (unpaired) electrons. The molecule has 0 unspecified atom stereocenters. The summed E-state index contributed by atoms with van der Waals surface area (Å²) >= 11 is 0. The van der Waals surface area contributed by atoms with Gasteiger partial charge < -0.3 is 15.2 Å². The van der Waals surface area contributed by atoms with Gasteiger partial charge in [0, 0.05) is 24.7 Å². The third kappa shape index (κ3) is 6.38. The van der Waals surface area contributed by atoms with Gasteiger partial charge in [-0.3, -0.25) is 9.78 Å². The van der Waals surface area contributed by atoms with Gasteiger partial charge in [0.05, 0.1) is 29.5 Å². The summed E-state index contributed by atoms with van der Waals surface area (Å²) in [7, 11) is 0. The molecule has 0 aliphatic heterocycles. The van der Waals surface area contributed by atoms with Crippen LogP contribution < -0.4 is 10.6 Å². The maximum absolute atomic E-state index is 12.5.